The van der Waals surface area contributed by atoms with E-state index in [2.05, 4.69) is 183 Å². The van der Waals surface area contributed by atoms with Gasteiger partial charge in [-0.15, -0.1) is 0 Å². The normalized spacial score (nSPS) is 13.3. The maximum absolute atomic E-state index is 6.81. The smallest absolute Gasteiger partial charge is 0.137 e. The third-order valence-corrected chi connectivity index (χ3v) is 9.83. The molecule has 250 valence electrons. The van der Waals surface area contributed by atoms with Gasteiger partial charge in [0, 0.05) is 41.3 Å². The molecular formula is C45H44N4O. The number of rotatable bonds is 6. The van der Waals surface area contributed by atoms with Crippen LogP contribution in [0.25, 0.3) is 27.6 Å². The van der Waals surface area contributed by atoms with Gasteiger partial charge in [-0.25, -0.2) is 4.98 Å². The Bertz CT molecular complexity index is 2330. The molecule has 0 amide bonds. The molecule has 1 aliphatic heterocycles. The molecule has 5 aromatic carbocycles. The van der Waals surface area contributed by atoms with Crippen LogP contribution in [0.4, 0.5) is 17.1 Å². The molecule has 2 aromatic heterocycles. The summed E-state index contributed by atoms with van der Waals surface area (Å²) in [6.45, 7) is 15.0. The number of benzene rings is 5. The fraction of sp³-hybridized carbons (Fsp3) is 0.222. The van der Waals surface area contributed by atoms with Gasteiger partial charge < -0.3 is 14.5 Å². The Hall–Kier alpha value is -5.55. The summed E-state index contributed by atoms with van der Waals surface area (Å²) >= 11 is 0. The minimum absolute atomic E-state index is 0.0329. The van der Waals surface area contributed by atoms with Crippen molar-refractivity contribution in [2.75, 3.05) is 16.5 Å². The van der Waals surface area contributed by atoms with Crippen LogP contribution in [0.2, 0.25) is 0 Å². The Kier molecular flexibility index (Phi) is 7.67. The van der Waals surface area contributed by atoms with Crippen LogP contribution < -0.4 is 14.5 Å². The van der Waals surface area contributed by atoms with Gasteiger partial charge in [-0.05, 0) is 76.1 Å². The molecule has 0 unspecified atom stereocenters. The predicted octanol–water partition coefficient (Wildman–Crippen LogP) is 11.7. The topological polar surface area (TPSA) is 33.5 Å². The second-order valence-electron chi connectivity index (χ2n) is 15.5. The highest BCUT2D eigenvalue weighted by Crippen LogP contribution is 2.44. The van der Waals surface area contributed by atoms with E-state index < -0.39 is 0 Å². The third-order valence-electron chi connectivity index (χ3n) is 9.83. The second-order valence-corrected chi connectivity index (χ2v) is 15.5. The minimum atomic E-state index is -0.0711. The van der Waals surface area contributed by atoms with Crippen molar-refractivity contribution < 1.29 is 4.74 Å². The maximum atomic E-state index is 6.81. The van der Waals surface area contributed by atoms with E-state index in [1.807, 2.05) is 6.20 Å². The van der Waals surface area contributed by atoms with Crippen molar-refractivity contribution >= 4 is 38.9 Å². The van der Waals surface area contributed by atoms with E-state index in [9.17, 15) is 0 Å². The summed E-state index contributed by atoms with van der Waals surface area (Å²) in [5.74, 6) is 2.50. The van der Waals surface area contributed by atoms with Crippen LogP contribution >= 0.6 is 0 Å². The van der Waals surface area contributed by atoms with E-state index >= 15 is 0 Å². The van der Waals surface area contributed by atoms with Crippen LogP contribution in [0, 0.1) is 0 Å². The lowest BCUT2D eigenvalue weighted by Crippen LogP contribution is -2.27. The zero-order valence-corrected chi connectivity index (χ0v) is 29.8. The molecule has 0 saturated heterocycles. The molecule has 7 aromatic rings. The Balaban J connectivity index is 1.19. The number of ether oxygens (including phenoxy) is 1. The van der Waals surface area contributed by atoms with E-state index in [0.717, 1.165) is 47.3 Å². The Morgan fingerprint density at radius 3 is 2.04 bits per heavy atom. The van der Waals surface area contributed by atoms with Crippen LogP contribution in [0.15, 0.2) is 134 Å². The summed E-state index contributed by atoms with van der Waals surface area (Å²) in [6, 6.07) is 45.4. The number of hydrogen-bond donors (Lipinski definition) is 0. The van der Waals surface area contributed by atoms with Crippen LogP contribution in [0.1, 0.15) is 58.2 Å². The van der Waals surface area contributed by atoms with Gasteiger partial charge in [0.1, 0.15) is 17.3 Å². The summed E-state index contributed by atoms with van der Waals surface area (Å²) in [6.07, 6.45) is 2.01. The van der Waals surface area contributed by atoms with Crippen molar-refractivity contribution in [2.45, 2.75) is 58.9 Å². The van der Waals surface area contributed by atoms with Crippen LogP contribution in [0.3, 0.4) is 0 Å². The average Bonchev–Trinajstić information content (AvgIpc) is 3.63. The van der Waals surface area contributed by atoms with Gasteiger partial charge in [0.15, 0.2) is 0 Å². The number of nitrogens with zero attached hydrogens (tertiary/aromatic N) is 4. The summed E-state index contributed by atoms with van der Waals surface area (Å²) in [5, 5.41) is 2.37. The van der Waals surface area contributed by atoms with Gasteiger partial charge in [0.05, 0.1) is 29.1 Å². The quantitative estimate of drug-likeness (QED) is 0.178. The molecule has 8 rings (SSSR count). The summed E-state index contributed by atoms with van der Waals surface area (Å²) in [5.41, 5.74) is 9.45. The fourth-order valence-electron chi connectivity index (χ4n) is 7.03. The number of anilines is 3. The number of fused-ring (bicyclic) bond motifs is 4. The minimum Gasteiger partial charge on any atom is -0.457 e. The highest BCUT2D eigenvalue weighted by molar-refractivity contribution is 6.09. The van der Waals surface area contributed by atoms with Gasteiger partial charge in [-0.2, -0.15) is 0 Å². The predicted molar refractivity (Wildman–Crippen MR) is 209 cm³/mol. The zero-order chi connectivity index (χ0) is 34.6. The molecule has 0 bridgehead atoms. The van der Waals surface area contributed by atoms with Gasteiger partial charge in [0.25, 0.3) is 0 Å². The van der Waals surface area contributed by atoms with Crippen LogP contribution in [-0.2, 0) is 17.4 Å². The molecule has 0 fully saturated rings. The Morgan fingerprint density at radius 1 is 0.600 bits per heavy atom. The van der Waals surface area contributed by atoms with Gasteiger partial charge in [-0.1, -0.05) is 108 Å². The Morgan fingerprint density at radius 2 is 1.30 bits per heavy atom. The number of hydrogen-bond acceptors (Lipinski definition) is 4. The molecule has 0 N–H and O–H groups in total. The first kappa shape index (κ1) is 31.7. The third kappa shape index (κ3) is 5.87. The lowest BCUT2D eigenvalue weighted by atomic mass is 9.86. The molecule has 1 aliphatic rings. The molecule has 0 saturated carbocycles. The molecular weight excluding hydrogens is 613 g/mol. The second kappa shape index (κ2) is 12.1. The molecule has 5 nitrogen and oxygen atoms in total. The summed E-state index contributed by atoms with van der Waals surface area (Å²) in [7, 11) is 0. The van der Waals surface area contributed by atoms with E-state index in [-0.39, 0.29) is 10.8 Å². The first-order valence-electron chi connectivity index (χ1n) is 17.5. The van der Waals surface area contributed by atoms with E-state index in [1.54, 1.807) is 0 Å². The standard InChI is InChI=1S/C45H44N4O/c1-44(2,3)32-20-23-43(46-28-32)49-39-17-11-10-16-37(39)38-22-21-35(27-42(38)49)50-36-25-33(45(4,5)6)24-34(26-36)48-30-47(29-31-14-8-7-9-15-31)40-18-12-13-19-41(40)48/h7-28H,29-30H2,1-6H3. The number of aromatic nitrogens is 2. The monoisotopic (exact) mass is 656 g/mol. The van der Waals surface area contributed by atoms with Gasteiger partial charge in [-0.3, -0.25) is 4.57 Å². The molecule has 50 heavy (non-hydrogen) atoms. The van der Waals surface area contributed by atoms with Crippen molar-refractivity contribution in [3.63, 3.8) is 0 Å². The Labute approximate surface area is 295 Å². The molecule has 0 atom stereocenters. The number of para-hydroxylation sites is 3. The molecule has 0 spiro atoms. The van der Waals surface area contributed by atoms with Crippen molar-refractivity contribution in [1.82, 2.24) is 9.55 Å². The van der Waals surface area contributed by atoms with Crippen molar-refractivity contribution in [3.8, 4) is 17.3 Å². The van der Waals surface area contributed by atoms with Crippen molar-refractivity contribution in [3.05, 3.63) is 150 Å². The SMILES string of the molecule is CC(C)(C)c1ccc(-n2c3ccccc3c3ccc(Oc4cc(N5CN(Cc6ccccc6)c6ccccc65)cc(C(C)(C)C)c4)cc32)nc1. The molecule has 5 heteroatoms. The maximum Gasteiger partial charge on any atom is 0.137 e. The van der Waals surface area contributed by atoms with Crippen LogP contribution in [0.5, 0.6) is 11.5 Å². The van der Waals surface area contributed by atoms with E-state index in [4.69, 9.17) is 9.72 Å². The van der Waals surface area contributed by atoms with Crippen molar-refractivity contribution in [1.29, 1.82) is 0 Å². The van der Waals surface area contributed by atoms with Crippen molar-refractivity contribution in [2.24, 2.45) is 0 Å². The highest BCUT2D eigenvalue weighted by Gasteiger charge is 2.28. The largest absolute Gasteiger partial charge is 0.457 e. The van der Waals surface area contributed by atoms with E-state index in [1.165, 1.54) is 38.8 Å². The van der Waals surface area contributed by atoms with Gasteiger partial charge in [0.2, 0.25) is 0 Å². The first-order chi connectivity index (χ1) is 24.0. The first-order valence-corrected chi connectivity index (χ1v) is 17.5. The fourth-order valence-corrected chi connectivity index (χ4v) is 7.03. The molecule has 3 heterocycles. The number of pyridine rings is 1. The highest BCUT2D eigenvalue weighted by atomic mass is 16.5. The molecule has 0 aliphatic carbocycles. The summed E-state index contributed by atoms with van der Waals surface area (Å²) < 4.78 is 9.06. The van der Waals surface area contributed by atoms with E-state index in [0.29, 0.717) is 0 Å². The zero-order valence-electron chi connectivity index (χ0n) is 29.8. The average molecular weight is 657 g/mol. The summed E-state index contributed by atoms with van der Waals surface area (Å²) in [4.78, 5) is 9.82. The lowest BCUT2D eigenvalue weighted by molar-refractivity contribution is 0.479. The van der Waals surface area contributed by atoms with Gasteiger partial charge >= 0.3 is 0 Å². The lowest BCUT2D eigenvalue weighted by Gasteiger charge is -2.26. The molecule has 0 radical (unpaired) electrons. The van der Waals surface area contributed by atoms with Crippen LogP contribution in [-0.4, -0.2) is 16.2 Å².